The summed E-state index contributed by atoms with van der Waals surface area (Å²) < 4.78 is 50.6. The molecule has 24 heavy (non-hydrogen) atoms. The van der Waals surface area contributed by atoms with E-state index in [1.807, 2.05) is 5.10 Å². The molecule has 2 rings (SSSR count). The van der Waals surface area contributed by atoms with Gasteiger partial charge >= 0.3 is 0 Å². The molecular weight excluding hydrogens is 353 g/mol. The summed E-state index contributed by atoms with van der Waals surface area (Å²) in [5.74, 6) is -2.72. The first-order valence-corrected chi connectivity index (χ1v) is 7.39. The number of carbonyl (C=O) groups is 1. The fraction of sp³-hybridized carbons (Fsp3) is 0.312. The number of H-pyrrole nitrogens is 1. The maximum Gasteiger partial charge on any atom is 0.267 e. The lowest BCUT2D eigenvalue weighted by molar-refractivity contribution is -0.116. The number of amides is 1. The number of aromatic nitrogens is 2. The Bertz CT molecular complexity index is 986. The summed E-state index contributed by atoms with van der Waals surface area (Å²) >= 11 is 12.4. The highest BCUT2D eigenvalue weighted by Crippen LogP contribution is 2.39. The third-order valence-electron chi connectivity index (χ3n) is 3.17. The second-order valence-corrected chi connectivity index (χ2v) is 5.66. The second-order valence-electron chi connectivity index (χ2n) is 4.84. The van der Waals surface area contributed by atoms with Crippen molar-refractivity contribution in [2.45, 2.75) is 26.5 Å². The summed E-state index contributed by atoms with van der Waals surface area (Å²) in [6.07, 6.45) is 0. The molecule has 0 aliphatic rings. The summed E-state index contributed by atoms with van der Waals surface area (Å²) in [5, 5.41) is 5.67. The summed E-state index contributed by atoms with van der Waals surface area (Å²) in [4.78, 5) is 24.9. The first-order chi connectivity index (χ1) is 13.6. The molecule has 0 aliphatic heterocycles. The molecule has 1 aromatic heterocycles. The highest BCUT2D eigenvalue weighted by molar-refractivity contribution is 6.37. The van der Waals surface area contributed by atoms with Crippen LogP contribution in [0.2, 0.25) is 10.0 Å². The molecule has 1 N–H and O–H groups in total. The largest absolute Gasteiger partial charge is 0.434 e. The van der Waals surface area contributed by atoms with Gasteiger partial charge in [0.15, 0.2) is 5.75 Å². The van der Waals surface area contributed by atoms with E-state index < -0.39 is 30.7 Å². The average Bonchev–Trinajstić information content (AvgIpc) is 2.57. The molecule has 6 nitrogen and oxygen atoms in total. The van der Waals surface area contributed by atoms with Gasteiger partial charge in [0, 0.05) is 39.5 Å². The van der Waals surface area contributed by atoms with Gasteiger partial charge in [0.05, 0.1) is 10.0 Å². The van der Waals surface area contributed by atoms with Crippen LogP contribution in [0.1, 0.15) is 40.3 Å². The molecular formula is C16H17Cl2N3O3. The number of benzene rings is 1. The highest BCUT2D eigenvalue weighted by atomic mass is 35.5. The van der Waals surface area contributed by atoms with Crippen LogP contribution in [0.15, 0.2) is 23.0 Å². The fourth-order valence-electron chi connectivity index (χ4n) is 1.79. The Hall–Kier alpha value is -2.05. The third kappa shape index (κ3) is 3.88. The Morgan fingerprint density at radius 3 is 2.50 bits per heavy atom. The zero-order chi connectivity index (χ0) is 23.0. The van der Waals surface area contributed by atoms with Gasteiger partial charge in [-0.05, 0) is 18.1 Å². The van der Waals surface area contributed by atoms with Gasteiger partial charge < -0.3 is 9.64 Å². The number of carbonyl (C=O) groups excluding carboxylic acids is 1. The summed E-state index contributed by atoms with van der Waals surface area (Å²) in [5.41, 5.74) is -1.12. The molecule has 0 unspecified atom stereocenters. The predicted octanol–water partition coefficient (Wildman–Crippen LogP) is 3.98. The topological polar surface area (TPSA) is 75.3 Å². The van der Waals surface area contributed by atoms with Gasteiger partial charge in [-0.25, -0.2) is 5.10 Å². The highest BCUT2D eigenvalue weighted by Gasteiger charge is 2.16. The van der Waals surface area contributed by atoms with Gasteiger partial charge in [-0.2, -0.15) is 0 Å². The van der Waals surface area contributed by atoms with E-state index in [0.717, 1.165) is 6.07 Å². The molecule has 0 saturated carbocycles. The van der Waals surface area contributed by atoms with Crippen LogP contribution < -0.4 is 15.2 Å². The van der Waals surface area contributed by atoms with Gasteiger partial charge in [0.1, 0.15) is 0 Å². The molecule has 0 saturated heterocycles. The number of anilines is 1. The number of nitrogens with zero attached hydrogens (tertiary/aromatic N) is 2. The van der Waals surface area contributed by atoms with Crippen LogP contribution in [0, 0.1) is 0 Å². The Labute approximate surface area is 157 Å². The van der Waals surface area contributed by atoms with Crippen molar-refractivity contribution in [3.05, 3.63) is 44.2 Å². The van der Waals surface area contributed by atoms with Gasteiger partial charge in [0.2, 0.25) is 11.8 Å². The lowest BCUT2D eigenvalue weighted by Crippen LogP contribution is -2.22. The van der Waals surface area contributed by atoms with Crippen molar-refractivity contribution in [2.24, 2.45) is 0 Å². The van der Waals surface area contributed by atoms with Gasteiger partial charge in [-0.3, -0.25) is 9.59 Å². The van der Waals surface area contributed by atoms with E-state index in [4.69, 9.17) is 36.2 Å². The van der Waals surface area contributed by atoms with Crippen LogP contribution in [0.4, 0.5) is 5.69 Å². The number of halogens is 2. The Morgan fingerprint density at radius 2 is 1.96 bits per heavy atom. The zero-order valence-corrected chi connectivity index (χ0v) is 14.2. The molecule has 8 heteroatoms. The minimum Gasteiger partial charge on any atom is -0.434 e. The van der Waals surface area contributed by atoms with Crippen LogP contribution in [-0.4, -0.2) is 23.2 Å². The summed E-state index contributed by atoms with van der Waals surface area (Å²) in [7, 11) is 1.52. The average molecular weight is 376 g/mol. The number of ether oxygens (including phenoxy) is 1. The zero-order valence-electron chi connectivity index (χ0n) is 18.7. The maximum absolute atomic E-state index is 12.1. The van der Waals surface area contributed by atoms with Gasteiger partial charge in [0.25, 0.3) is 5.56 Å². The molecule has 2 aromatic rings. The van der Waals surface area contributed by atoms with E-state index in [9.17, 15) is 9.59 Å². The van der Waals surface area contributed by atoms with Crippen molar-refractivity contribution in [3.63, 3.8) is 0 Å². The van der Waals surface area contributed by atoms with Crippen LogP contribution in [0.25, 0.3) is 0 Å². The smallest absolute Gasteiger partial charge is 0.267 e. The number of aromatic amines is 1. The van der Waals surface area contributed by atoms with E-state index in [1.165, 1.54) is 31.0 Å². The number of hydrogen-bond donors (Lipinski definition) is 1. The first kappa shape index (κ1) is 11.5. The normalized spacial score (nSPS) is 15.5. The minimum atomic E-state index is -2.98. The van der Waals surface area contributed by atoms with E-state index in [2.05, 4.69) is 5.10 Å². The predicted molar refractivity (Wildman–Crippen MR) is 94.6 cm³/mol. The Morgan fingerprint density at radius 1 is 1.33 bits per heavy atom. The standard InChI is InChI=1S/C16H17Cl2N3O3/c1-8(2)11-7-14(19-20-16(11)23)24-15-12(17)5-10(6-13(15)18)21(4)9(3)22/h5-8H,1-4H3,(H,20,23)/i1D3,2D3. The second kappa shape index (κ2) is 7.23. The van der Waals surface area contributed by atoms with Crippen molar-refractivity contribution in [2.75, 3.05) is 11.9 Å². The lowest BCUT2D eigenvalue weighted by atomic mass is 10.1. The van der Waals surface area contributed by atoms with Crippen LogP contribution in [0.3, 0.4) is 0 Å². The molecule has 0 radical (unpaired) electrons. The van der Waals surface area contributed by atoms with Crippen LogP contribution >= 0.6 is 23.2 Å². The van der Waals surface area contributed by atoms with E-state index in [1.54, 1.807) is 0 Å². The Kier molecular flexibility index (Phi) is 3.46. The summed E-state index contributed by atoms with van der Waals surface area (Å²) in [6.45, 7) is -4.61. The molecule has 0 fully saturated rings. The van der Waals surface area contributed by atoms with Crippen molar-refractivity contribution < 1.29 is 17.8 Å². The molecule has 0 atom stereocenters. The third-order valence-corrected chi connectivity index (χ3v) is 3.73. The fourth-order valence-corrected chi connectivity index (χ4v) is 2.34. The molecule has 1 amide bonds. The van der Waals surface area contributed by atoms with Crippen LogP contribution in [-0.2, 0) is 4.79 Å². The first-order valence-electron chi connectivity index (χ1n) is 9.63. The minimum absolute atomic E-state index is 0.00310. The molecule has 0 aliphatic carbocycles. The van der Waals surface area contributed by atoms with Crippen LogP contribution in [0.5, 0.6) is 11.6 Å². The number of nitrogens with one attached hydrogen (secondary N) is 1. The van der Waals surface area contributed by atoms with Crippen molar-refractivity contribution >= 4 is 34.8 Å². The molecule has 1 aromatic carbocycles. The van der Waals surface area contributed by atoms with Gasteiger partial charge in [-0.1, -0.05) is 36.9 Å². The SMILES string of the molecule is [2H]C([2H])([2H])C(c1cc(Oc2c(Cl)cc(N(C)C(C)=O)cc2Cl)n[nH]c1=O)C([2H])([2H])[2H]. The molecule has 1 heterocycles. The summed E-state index contributed by atoms with van der Waals surface area (Å²) in [6, 6.07) is 3.74. The van der Waals surface area contributed by atoms with E-state index >= 15 is 0 Å². The monoisotopic (exact) mass is 375 g/mol. The van der Waals surface area contributed by atoms with Gasteiger partial charge in [-0.15, -0.1) is 5.10 Å². The molecule has 0 spiro atoms. The number of rotatable bonds is 4. The van der Waals surface area contributed by atoms with E-state index in [0.29, 0.717) is 5.69 Å². The van der Waals surface area contributed by atoms with Crippen molar-refractivity contribution in [1.29, 1.82) is 0 Å². The lowest BCUT2D eigenvalue weighted by Gasteiger charge is -2.17. The molecule has 0 bridgehead atoms. The Balaban J connectivity index is 2.50. The van der Waals surface area contributed by atoms with Crippen molar-refractivity contribution in [3.8, 4) is 11.6 Å². The maximum atomic E-state index is 12.1. The van der Waals surface area contributed by atoms with Crippen molar-refractivity contribution in [1.82, 2.24) is 10.2 Å². The quantitative estimate of drug-likeness (QED) is 0.876. The van der Waals surface area contributed by atoms with E-state index in [-0.39, 0.29) is 27.6 Å². The molecule has 128 valence electrons. The number of hydrogen-bond acceptors (Lipinski definition) is 4.